The van der Waals surface area contributed by atoms with E-state index in [1.54, 1.807) is 31.2 Å². The van der Waals surface area contributed by atoms with Gasteiger partial charge < -0.3 is 15.9 Å². The lowest BCUT2D eigenvalue weighted by atomic mass is 9.66. The SMILES string of the molecule is CC(C)CCC1(C)C(=O)C(C2=NSc3cc(NS(=O)(=O)CC(N)=O)cc(O)c3N2O)=C(O)c2ccccc21. The third-order valence-corrected chi connectivity index (χ3v) is 8.47. The van der Waals surface area contributed by atoms with Gasteiger partial charge in [0.05, 0.1) is 16.0 Å². The number of ketones is 1. The smallest absolute Gasteiger partial charge is 0.241 e. The minimum absolute atomic E-state index is 0.0898. The molecular weight excluding hydrogens is 532 g/mol. The van der Waals surface area contributed by atoms with Gasteiger partial charge in [-0.3, -0.25) is 19.5 Å². The second-order valence-corrected chi connectivity index (χ2v) is 12.4. The number of phenolic OH excluding ortho intramolecular Hbond substituents is 1. The number of fused-ring (bicyclic) bond motifs is 2. The molecule has 6 N–H and O–H groups in total. The number of anilines is 2. The fraction of sp³-hybridized carbons (Fsp3) is 0.320. The molecule has 202 valence electrons. The van der Waals surface area contributed by atoms with Crippen molar-refractivity contribution in [3.63, 3.8) is 0 Å². The summed E-state index contributed by atoms with van der Waals surface area (Å²) in [5.41, 5.74) is 4.65. The highest BCUT2D eigenvalue weighted by molar-refractivity contribution is 7.98. The van der Waals surface area contributed by atoms with Crippen LogP contribution in [0.15, 0.2) is 51.3 Å². The number of sulfonamides is 1. The third-order valence-electron chi connectivity index (χ3n) is 6.49. The second-order valence-electron chi connectivity index (χ2n) is 9.85. The predicted octanol–water partition coefficient (Wildman–Crippen LogP) is 3.48. The van der Waals surface area contributed by atoms with E-state index in [4.69, 9.17) is 5.73 Å². The van der Waals surface area contributed by atoms with Gasteiger partial charge in [-0.1, -0.05) is 38.1 Å². The van der Waals surface area contributed by atoms with Crippen LogP contribution < -0.4 is 15.5 Å². The molecule has 2 aliphatic rings. The van der Waals surface area contributed by atoms with Crippen LogP contribution in [0, 0.1) is 5.92 Å². The molecule has 0 spiro atoms. The van der Waals surface area contributed by atoms with Gasteiger partial charge >= 0.3 is 0 Å². The fourth-order valence-corrected chi connectivity index (χ4v) is 6.30. The molecule has 38 heavy (non-hydrogen) atoms. The van der Waals surface area contributed by atoms with Crippen molar-refractivity contribution < 1.29 is 33.4 Å². The van der Waals surface area contributed by atoms with Crippen molar-refractivity contribution in [2.75, 3.05) is 15.5 Å². The molecule has 4 rings (SSSR count). The summed E-state index contributed by atoms with van der Waals surface area (Å²) in [5, 5.41) is 33.5. The van der Waals surface area contributed by atoms with Crippen LogP contribution in [0.5, 0.6) is 5.75 Å². The van der Waals surface area contributed by atoms with Gasteiger partial charge in [-0.25, -0.2) is 8.42 Å². The van der Waals surface area contributed by atoms with E-state index in [9.17, 15) is 33.4 Å². The van der Waals surface area contributed by atoms with E-state index in [2.05, 4.69) is 23.0 Å². The Balaban J connectivity index is 1.76. The number of hydrogen-bond acceptors (Lipinski definition) is 10. The number of nitrogens with zero attached hydrogens (tertiary/aromatic N) is 2. The highest BCUT2D eigenvalue weighted by Gasteiger charge is 2.47. The molecule has 1 aliphatic carbocycles. The Bertz CT molecular complexity index is 1500. The van der Waals surface area contributed by atoms with Crippen molar-refractivity contribution in [1.29, 1.82) is 0 Å². The lowest BCUT2D eigenvalue weighted by Crippen LogP contribution is -2.44. The molecule has 0 fully saturated rings. The van der Waals surface area contributed by atoms with E-state index < -0.39 is 38.6 Å². The van der Waals surface area contributed by atoms with Crippen LogP contribution >= 0.6 is 11.9 Å². The number of carbonyl (C=O) groups is 2. The maximum atomic E-state index is 14.0. The molecule has 1 heterocycles. The van der Waals surface area contributed by atoms with Gasteiger partial charge in [-0.2, -0.15) is 9.46 Å². The monoisotopic (exact) mass is 560 g/mol. The average Bonchev–Trinajstić information content (AvgIpc) is 2.81. The maximum Gasteiger partial charge on any atom is 0.241 e. The largest absolute Gasteiger partial charge is 0.506 e. The number of primary amides is 1. The van der Waals surface area contributed by atoms with Crippen LogP contribution in [0.2, 0.25) is 0 Å². The molecule has 13 heteroatoms. The lowest BCUT2D eigenvalue weighted by molar-refractivity contribution is -0.120. The third kappa shape index (κ3) is 4.96. The lowest BCUT2D eigenvalue weighted by Gasteiger charge is -2.37. The van der Waals surface area contributed by atoms with Gasteiger partial charge in [-0.15, -0.1) is 0 Å². The van der Waals surface area contributed by atoms with Crippen molar-refractivity contribution in [3.05, 3.63) is 53.1 Å². The van der Waals surface area contributed by atoms with Crippen molar-refractivity contribution in [3.8, 4) is 5.75 Å². The molecule has 0 radical (unpaired) electrons. The first-order valence-corrected chi connectivity index (χ1v) is 14.2. The normalized spacial score (nSPS) is 19.2. The number of benzene rings is 2. The summed E-state index contributed by atoms with van der Waals surface area (Å²) in [7, 11) is -4.13. The molecule has 1 unspecified atom stereocenters. The number of aliphatic hydroxyl groups excluding tert-OH is 1. The number of hydroxylamine groups is 1. The van der Waals surface area contributed by atoms with Crippen LogP contribution in [0.25, 0.3) is 5.76 Å². The van der Waals surface area contributed by atoms with E-state index in [1.807, 2.05) is 0 Å². The van der Waals surface area contributed by atoms with Gasteiger partial charge in [0.25, 0.3) is 0 Å². The summed E-state index contributed by atoms with van der Waals surface area (Å²) in [4.78, 5) is 25.1. The number of rotatable bonds is 8. The Labute approximate surface area is 224 Å². The number of Topliss-reactive ketones (excluding diaryl/α,β-unsaturated/α-hetero) is 1. The number of hydrogen-bond donors (Lipinski definition) is 5. The van der Waals surface area contributed by atoms with Crippen molar-refractivity contribution in [2.45, 2.75) is 43.9 Å². The van der Waals surface area contributed by atoms with Crippen LogP contribution in [-0.2, 0) is 25.0 Å². The van der Waals surface area contributed by atoms with Crippen molar-refractivity contribution in [2.24, 2.45) is 16.0 Å². The summed E-state index contributed by atoms with van der Waals surface area (Å²) in [6, 6.07) is 9.36. The van der Waals surface area contributed by atoms with Gasteiger partial charge in [0, 0.05) is 23.6 Å². The standard InChI is InChI=1S/C25H28N4O7S2/c1-13(2)8-9-25(3)16-7-5-4-6-15(16)22(32)20(23(25)33)24-27-37-18-11-14(10-17(30)21(18)29(24)34)28-38(35,36)12-19(26)31/h4-7,10-11,13,28,30,32,34H,8-9,12H2,1-3H3,(H2,26,31). The zero-order chi connectivity index (χ0) is 28.0. The molecule has 1 aliphatic heterocycles. The molecule has 1 amide bonds. The molecular formula is C25H28N4O7S2. The van der Waals surface area contributed by atoms with Gasteiger partial charge in [-0.05, 0) is 37.3 Å². The number of aliphatic hydroxyl groups is 1. The topological polar surface area (TPSA) is 183 Å². The molecule has 0 saturated carbocycles. The predicted molar refractivity (Wildman–Crippen MR) is 145 cm³/mol. The summed E-state index contributed by atoms with van der Waals surface area (Å²) >= 11 is 0.769. The molecule has 2 aromatic rings. The van der Waals surface area contributed by atoms with Crippen LogP contribution in [-0.4, -0.2) is 47.1 Å². The molecule has 2 aromatic carbocycles. The van der Waals surface area contributed by atoms with Crippen LogP contribution in [0.4, 0.5) is 11.4 Å². The van der Waals surface area contributed by atoms with Gasteiger partial charge in [0.15, 0.2) is 11.6 Å². The second kappa shape index (κ2) is 9.97. The van der Waals surface area contributed by atoms with Crippen molar-refractivity contribution >= 4 is 56.6 Å². The zero-order valence-corrected chi connectivity index (χ0v) is 22.6. The molecule has 11 nitrogen and oxygen atoms in total. The number of phenols is 1. The highest BCUT2D eigenvalue weighted by Crippen LogP contribution is 2.48. The summed E-state index contributed by atoms with van der Waals surface area (Å²) in [6.07, 6.45) is 1.24. The number of amides is 1. The minimum Gasteiger partial charge on any atom is -0.506 e. The van der Waals surface area contributed by atoms with E-state index in [-0.39, 0.29) is 33.4 Å². The first kappa shape index (κ1) is 27.5. The molecule has 1 atom stereocenters. The van der Waals surface area contributed by atoms with E-state index >= 15 is 0 Å². The molecule has 0 aromatic heterocycles. The van der Waals surface area contributed by atoms with Crippen molar-refractivity contribution in [1.82, 2.24) is 0 Å². The summed E-state index contributed by atoms with van der Waals surface area (Å²) < 4.78 is 30.5. The number of amidine groups is 1. The summed E-state index contributed by atoms with van der Waals surface area (Å²) in [6.45, 7) is 5.91. The first-order chi connectivity index (χ1) is 17.7. The van der Waals surface area contributed by atoms with E-state index in [0.29, 0.717) is 28.5 Å². The molecule has 0 saturated heterocycles. The van der Waals surface area contributed by atoms with Gasteiger partial charge in [0.1, 0.15) is 28.5 Å². The Kier molecular flexibility index (Phi) is 7.21. The van der Waals surface area contributed by atoms with E-state index in [1.165, 1.54) is 6.07 Å². The minimum atomic E-state index is -4.13. The quantitative estimate of drug-likeness (QED) is 0.302. The fourth-order valence-electron chi connectivity index (χ4n) is 4.57. The number of carbonyl (C=O) groups excluding carboxylic acids is 2. The van der Waals surface area contributed by atoms with Crippen LogP contribution in [0.3, 0.4) is 0 Å². The Morgan fingerprint density at radius 3 is 2.58 bits per heavy atom. The summed E-state index contributed by atoms with van der Waals surface area (Å²) in [5.74, 6) is -3.27. The Morgan fingerprint density at radius 1 is 1.24 bits per heavy atom. The number of aromatic hydroxyl groups is 1. The average molecular weight is 561 g/mol. The number of nitrogens with two attached hydrogens (primary N) is 1. The van der Waals surface area contributed by atoms with Gasteiger partial charge in [0.2, 0.25) is 15.9 Å². The van der Waals surface area contributed by atoms with E-state index in [0.717, 1.165) is 24.4 Å². The first-order valence-electron chi connectivity index (χ1n) is 11.7. The number of nitrogens with one attached hydrogen (secondary N) is 1. The Hall–Kier alpha value is -3.55. The molecule has 0 bridgehead atoms. The highest BCUT2D eigenvalue weighted by atomic mass is 32.2. The van der Waals surface area contributed by atoms with Crippen LogP contribution in [0.1, 0.15) is 44.7 Å². The Morgan fingerprint density at radius 2 is 1.92 bits per heavy atom. The zero-order valence-electron chi connectivity index (χ0n) is 20.9. The maximum absolute atomic E-state index is 14.0.